The van der Waals surface area contributed by atoms with Gasteiger partial charge in [-0.2, -0.15) is 13.2 Å². The number of alkyl halides is 3. The average molecular weight is 334 g/mol. The van der Waals surface area contributed by atoms with Crippen LogP contribution in [0.5, 0.6) is 5.75 Å². The smallest absolute Gasteiger partial charge is 0.416 e. The molecule has 0 aliphatic rings. The summed E-state index contributed by atoms with van der Waals surface area (Å²) in [7, 11) is 1.54. The lowest BCUT2D eigenvalue weighted by molar-refractivity contribution is -0.137. The number of methoxy groups -OCH3 is 1. The zero-order valence-electron chi connectivity index (χ0n) is 12.7. The highest BCUT2D eigenvalue weighted by atomic mass is 19.4. The van der Waals surface area contributed by atoms with Crippen molar-refractivity contribution in [3.8, 4) is 5.75 Å². The second-order valence-corrected chi connectivity index (χ2v) is 5.23. The summed E-state index contributed by atoms with van der Waals surface area (Å²) in [5, 5.41) is 0. The van der Waals surface area contributed by atoms with Gasteiger partial charge in [-0.3, -0.25) is 4.79 Å². The van der Waals surface area contributed by atoms with Crippen LogP contribution in [0, 0.1) is 0 Å². The van der Waals surface area contributed by atoms with Gasteiger partial charge >= 0.3 is 6.18 Å². The quantitative estimate of drug-likeness (QED) is 0.737. The first-order valence-corrected chi connectivity index (χ1v) is 7.08. The largest absolute Gasteiger partial charge is 0.497 e. The van der Waals surface area contributed by atoms with Crippen LogP contribution in [0.4, 0.5) is 13.2 Å². The highest BCUT2D eigenvalue weighted by molar-refractivity contribution is 5.75. The zero-order chi connectivity index (χ0) is 17.3. The number of benzene rings is 2. The van der Waals surface area contributed by atoms with Crippen LogP contribution in [0.3, 0.4) is 0 Å². The molecule has 7 heteroatoms. The van der Waals surface area contributed by atoms with Crippen molar-refractivity contribution in [2.45, 2.75) is 12.7 Å². The molecule has 0 bridgehead atoms. The minimum Gasteiger partial charge on any atom is -0.497 e. The minimum absolute atomic E-state index is 0.142. The summed E-state index contributed by atoms with van der Waals surface area (Å²) >= 11 is 0. The predicted molar refractivity (Wildman–Crippen MR) is 83.1 cm³/mol. The molecule has 0 amide bonds. The SMILES string of the molecule is COc1ccc(Cn2c(=O)cnc3ccc(C(F)(F)F)cc32)cc1. The van der Waals surface area contributed by atoms with Gasteiger partial charge in [0.05, 0.1) is 36.4 Å². The van der Waals surface area contributed by atoms with Gasteiger partial charge in [0.2, 0.25) is 0 Å². The van der Waals surface area contributed by atoms with Crippen LogP contribution in [-0.4, -0.2) is 16.7 Å². The van der Waals surface area contributed by atoms with E-state index in [0.29, 0.717) is 11.3 Å². The number of fused-ring (bicyclic) bond motifs is 1. The number of hydrogen-bond acceptors (Lipinski definition) is 3. The van der Waals surface area contributed by atoms with Gasteiger partial charge in [-0.15, -0.1) is 0 Å². The molecule has 0 spiro atoms. The summed E-state index contributed by atoms with van der Waals surface area (Å²) in [5.41, 5.74) is -0.0319. The molecule has 3 aromatic rings. The first-order valence-electron chi connectivity index (χ1n) is 7.08. The molecule has 0 saturated carbocycles. The summed E-state index contributed by atoms with van der Waals surface area (Å²) in [6.45, 7) is 0.142. The molecule has 0 fully saturated rings. The van der Waals surface area contributed by atoms with Crippen LogP contribution in [0.25, 0.3) is 11.0 Å². The van der Waals surface area contributed by atoms with Crippen LogP contribution in [0.2, 0.25) is 0 Å². The van der Waals surface area contributed by atoms with Gasteiger partial charge in [-0.05, 0) is 35.9 Å². The number of aromatic nitrogens is 2. The third-order valence-corrected chi connectivity index (χ3v) is 3.67. The lowest BCUT2D eigenvalue weighted by atomic mass is 10.1. The van der Waals surface area contributed by atoms with Crippen molar-refractivity contribution in [3.05, 3.63) is 70.1 Å². The standard InChI is InChI=1S/C17H13F3N2O2/c1-24-13-5-2-11(3-6-13)10-22-15-8-12(17(18,19)20)4-7-14(15)21-9-16(22)23/h2-9H,10H2,1H3. The van der Waals surface area contributed by atoms with E-state index in [4.69, 9.17) is 4.74 Å². The molecule has 0 unspecified atom stereocenters. The van der Waals surface area contributed by atoms with E-state index in [-0.39, 0.29) is 12.1 Å². The van der Waals surface area contributed by atoms with E-state index in [1.165, 1.54) is 17.7 Å². The Labute approximate surface area is 135 Å². The molecule has 0 saturated heterocycles. The van der Waals surface area contributed by atoms with Gasteiger partial charge in [-0.25, -0.2) is 4.98 Å². The van der Waals surface area contributed by atoms with Crippen LogP contribution >= 0.6 is 0 Å². The Morgan fingerprint density at radius 3 is 2.46 bits per heavy atom. The third kappa shape index (κ3) is 3.10. The highest BCUT2D eigenvalue weighted by Crippen LogP contribution is 2.30. The third-order valence-electron chi connectivity index (χ3n) is 3.67. The lowest BCUT2D eigenvalue weighted by Crippen LogP contribution is -2.21. The maximum atomic E-state index is 12.9. The van der Waals surface area contributed by atoms with E-state index < -0.39 is 17.3 Å². The predicted octanol–water partition coefficient (Wildman–Crippen LogP) is 3.47. The average Bonchev–Trinajstić information content (AvgIpc) is 2.57. The van der Waals surface area contributed by atoms with Crippen LogP contribution in [-0.2, 0) is 12.7 Å². The van der Waals surface area contributed by atoms with E-state index in [1.807, 2.05) is 0 Å². The summed E-state index contributed by atoms with van der Waals surface area (Å²) in [6, 6.07) is 10.1. The molecular formula is C17H13F3N2O2. The normalized spacial score (nSPS) is 11.7. The lowest BCUT2D eigenvalue weighted by Gasteiger charge is -2.12. The van der Waals surface area contributed by atoms with Gasteiger partial charge in [-0.1, -0.05) is 12.1 Å². The van der Waals surface area contributed by atoms with E-state index >= 15 is 0 Å². The van der Waals surface area contributed by atoms with Crippen LogP contribution in [0.15, 0.2) is 53.5 Å². The van der Waals surface area contributed by atoms with Crippen molar-refractivity contribution in [1.29, 1.82) is 0 Å². The van der Waals surface area contributed by atoms with Crippen molar-refractivity contribution in [3.63, 3.8) is 0 Å². The second kappa shape index (κ2) is 5.99. The van der Waals surface area contributed by atoms with Gasteiger partial charge in [0.1, 0.15) is 5.75 Å². The molecular weight excluding hydrogens is 321 g/mol. The molecule has 0 aliphatic heterocycles. The highest BCUT2D eigenvalue weighted by Gasteiger charge is 2.30. The maximum Gasteiger partial charge on any atom is 0.416 e. The van der Waals surface area contributed by atoms with Crippen LogP contribution < -0.4 is 10.3 Å². The molecule has 4 nitrogen and oxygen atoms in total. The zero-order valence-corrected chi connectivity index (χ0v) is 12.7. The molecule has 124 valence electrons. The molecule has 1 aromatic heterocycles. The fourth-order valence-electron chi connectivity index (χ4n) is 2.41. The summed E-state index contributed by atoms with van der Waals surface area (Å²) < 4.78 is 45.2. The van der Waals surface area contributed by atoms with Gasteiger partial charge in [0, 0.05) is 0 Å². The van der Waals surface area contributed by atoms with Crippen molar-refractivity contribution >= 4 is 11.0 Å². The van der Waals surface area contributed by atoms with E-state index in [1.54, 1.807) is 24.3 Å². The molecule has 0 aliphatic carbocycles. The first-order chi connectivity index (χ1) is 11.4. The van der Waals surface area contributed by atoms with Crippen molar-refractivity contribution in [2.75, 3.05) is 7.11 Å². The molecule has 2 aromatic carbocycles. The van der Waals surface area contributed by atoms with Crippen molar-refractivity contribution < 1.29 is 17.9 Å². The molecule has 0 atom stereocenters. The molecule has 0 radical (unpaired) electrons. The van der Waals surface area contributed by atoms with Gasteiger partial charge in [0.25, 0.3) is 5.56 Å². The minimum atomic E-state index is -4.48. The van der Waals surface area contributed by atoms with Crippen LogP contribution in [0.1, 0.15) is 11.1 Å². The molecule has 1 heterocycles. The fraction of sp³-hybridized carbons (Fsp3) is 0.176. The number of hydrogen-bond donors (Lipinski definition) is 0. The van der Waals surface area contributed by atoms with Crippen molar-refractivity contribution in [1.82, 2.24) is 9.55 Å². The summed E-state index contributed by atoms with van der Waals surface area (Å²) in [6.07, 6.45) is -3.37. The Morgan fingerprint density at radius 1 is 1.12 bits per heavy atom. The monoisotopic (exact) mass is 334 g/mol. The number of halogens is 3. The number of nitrogens with zero attached hydrogens (tertiary/aromatic N) is 2. The van der Waals surface area contributed by atoms with Crippen molar-refractivity contribution in [2.24, 2.45) is 0 Å². The summed E-state index contributed by atoms with van der Waals surface area (Å²) in [4.78, 5) is 16.0. The van der Waals surface area contributed by atoms with E-state index in [9.17, 15) is 18.0 Å². The molecule has 3 rings (SSSR count). The topological polar surface area (TPSA) is 44.1 Å². The Balaban J connectivity index is 2.10. The Bertz CT molecular complexity index is 931. The number of ether oxygens (including phenoxy) is 1. The number of rotatable bonds is 3. The van der Waals surface area contributed by atoms with Gasteiger partial charge < -0.3 is 9.30 Å². The Kier molecular flexibility index (Phi) is 4.01. The fourth-order valence-corrected chi connectivity index (χ4v) is 2.41. The van der Waals surface area contributed by atoms with E-state index in [2.05, 4.69) is 4.98 Å². The second-order valence-electron chi connectivity index (χ2n) is 5.23. The first kappa shape index (κ1) is 16.0. The van der Waals surface area contributed by atoms with Gasteiger partial charge in [0.15, 0.2) is 0 Å². The maximum absolute atomic E-state index is 12.9. The Hall–Kier alpha value is -2.83. The van der Waals surface area contributed by atoms with E-state index in [0.717, 1.165) is 23.9 Å². The summed E-state index contributed by atoms with van der Waals surface area (Å²) in [5.74, 6) is 0.657. The Morgan fingerprint density at radius 2 is 1.83 bits per heavy atom. The molecule has 24 heavy (non-hydrogen) atoms. The molecule has 0 N–H and O–H groups in total.